The second kappa shape index (κ2) is 7.14. The van der Waals surface area contributed by atoms with Crippen molar-refractivity contribution in [1.82, 2.24) is 0 Å². The number of halogens is 1. The van der Waals surface area contributed by atoms with Gasteiger partial charge in [0.05, 0.1) is 23.9 Å². The maximum Gasteiger partial charge on any atom is 0.124 e. The summed E-state index contributed by atoms with van der Waals surface area (Å²) in [6.07, 6.45) is 0. The van der Waals surface area contributed by atoms with Gasteiger partial charge in [0.1, 0.15) is 11.8 Å². The molecular formula is C17H17BrN2O. The van der Waals surface area contributed by atoms with Crippen molar-refractivity contribution < 1.29 is 4.74 Å². The first-order chi connectivity index (χ1) is 10.2. The molecule has 0 aliphatic heterocycles. The number of benzene rings is 2. The van der Waals surface area contributed by atoms with Crippen LogP contribution in [0.2, 0.25) is 0 Å². The quantitative estimate of drug-likeness (QED) is 0.839. The maximum atomic E-state index is 9.20. The lowest BCUT2D eigenvalue weighted by Gasteiger charge is -2.19. The third-order valence-corrected chi connectivity index (χ3v) is 3.65. The van der Waals surface area contributed by atoms with Crippen LogP contribution in [0, 0.1) is 11.3 Å². The van der Waals surface area contributed by atoms with Crippen molar-refractivity contribution in [1.29, 1.82) is 5.26 Å². The van der Waals surface area contributed by atoms with Gasteiger partial charge in [0, 0.05) is 10.0 Å². The molecule has 0 heterocycles. The maximum absolute atomic E-state index is 9.20. The Morgan fingerprint density at radius 1 is 1.29 bits per heavy atom. The minimum Gasteiger partial charge on any atom is -0.494 e. The monoisotopic (exact) mass is 344 g/mol. The Labute approximate surface area is 133 Å². The molecule has 0 aromatic heterocycles. The number of hydrogen-bond acceptors (Lipinski definition) is 3. The predicted octanol–water partition coefficient (Wildman–Crippen LogP) is 4.89. The fourth-order valence-electron chi connectivity index (χ4n) is 2.17. The number of nitrogens with one attached hydrogen (secondary N) is 1. The van der Waals surface area contributed by atoms with Gasteiger partial charge in [-0.1, -0.05) is 34.1 Å². The SMILES string of the molecule is CCOc1ccccc1C(C)Nc1cc(Br)ccc1C#N. The van der Waals surface area contributed by atoms with Crippen LogP contribution in [0.1, 0.15) is 31.0 Å². The summed E-state index contributed by atoms with van der Waals surface area (Å²) in [6, 6.07) is 15.8. The summed E-state index contributed by atoms with van der Waals surface area (Å²) >= 11 is 3.44. The van der Waals surface area contributed by atoms with Gasteiger partial charge in [-0.15, -0.1) is 0 Å². The van der Waals surface area contributed by atoms with Crippen LogP contribution in [-0.2, 0) is 0 Å². The molecule has 0 saturated carbocycles. The first kappa shape index (κ1) is 15.4. The number of anilines is 1. The number of hydrogen-bond donors (Lipinski definition) is 1. The van der Waals surface area contributed by atoms with Crippen LogP contribution in [0.15, 0.2) is 46.9 Å². The second-order valence-electron chi connectivity index (χ2n) is 4.64. The van der Waals surface area contributed by atoms with Gasteiger partial charge in [0.25, 0.3) is 0 Å². The zero-order valence-electron chi connectivity index (χ0n) is 12.1. The molecule has 0 saturated heterocycles. The summed E-state index contributed by atoms with van der Waals surface area (Å²) in [4.78, 5) is 0. The van der Waals surface area contributed by atoms with Crippen LogP contribution >= 0.6 is 15.9 Å². The lowest BCUT2D eigenvalue weighted by molar-refractivity contribution is 0.335. The van der Waals surface area contributed by atoms with Crippen molar-refractivity contribution in [3.05, 3.63) is 58.1 Å². The number of ether oxygens (including phenoxy) is 1. The Morgan fingerprint density at radius 2 is 2.05 bits per heavy atom. The summed E-state index contributed by atoms with van der Waals surface area (Å²) in [5.41, 5.74) is 2.51. The minimum atomic E-state index is 0.0362. The van der Waals surface area contributed by atoms with Crippen LogP contribution in [0.3, 0.4) is 0 Å². The summed E-state index contributed by atoms with van der Waals surface area (Å²) in [7, 11) is 0. The molecule has 0 spiro atoms. The van der Waals surface area contributed by atoms with Crippen LogP contribution < -0.4 is 10.1 Å². The molecule has 1 unspecified atom stereocenters. The summed E-state index contributed by atoms with van der Waals surface area (Å²) in [5, 5.41) is 12.6. The van der Waals surface area contributed by atoms with Gasteiger partial charge in [0.2, 0.25) is 0 Å². The molecule has 2 aromatic carbocycles. The fourth-order valence-corrected chi connectivity index (χ4v) is 2.53. The normalized spacial score (nSPS) is 11.5. The molecule has 108 valence electrons. The molecule has 1 atom stereocenters. The van der Waals surface area contributed by atoms with E-state index in [9.17, 15) is 5.26 Å². The topological polar surface area (TPSA) is 45.0 Å². The van der Waals surface area contributed by atoms with Gasteiger partial charge in [-0.3, -0.25) is 0 Å². The summed E-state index contributed by atoms with van der Waals surface area (Å²) in [6.45, 7) is 4.65. The van der Waals surface area contributed by atoms with Gasteiger partial charge in [-0.25, -0.2) is 0 Å². The number of rotatable bonds is 5. The van der Waals surface area contributed by atoms with E-state index in [1.165, 1.54) is 0 Å². The van der Waals surface area contributed by atoms with Crippen molar-refractivity contribution in [2.45, 2.75) is 19.9 Å². The molecule has 4 heteroatoms. The molecule has 2 aromatic rings. The summed E-state index contributed by atoms with van der Waals surface area (Å²) in [5.74, 6) is 0.869. The Morgan fingerprint density at radius 3 is 2.76 bits per heavy atom. The Balaban J connectivity index is 2.28. The first-order valence-corrected chi connectivity index (χ1v) is 7.63. The fraction of sp³-hybridized carbons (Fsp3) is 0.235. The highest BCUT2D eigenvalue weighted by molar-refractivity contribution is 9.10. The number of para-hydroxylation sites is 1. The molecule has 0 radical (unpaired) electrons. The van der Waals surface area contributed by atoms with E-state index in [-0.39, 0.29) is 6.04 Å². The molecule has 0 aliphatic carbocycles. The van der Waals surface area contributed by atoms with Crippen molar-refractivity contribution >= 4 is 21.6 Å². The minimum absolute atomic E-state index is 0.0362. The highest BCUT2D eigenvalue weighted by Gasteiger charge is 2.13. The molecule has 0 fully saturated rings. The molecule has 0 aliphatic rings. The number of nitriles is 1. The second-order valence-corrected chi connectivity index (χ2v) is 5.55. The van der Waals surface area contributed by atoms with Gasteiger partial charge in [-0.05, 0) is 38.1 Å². The highest BCUT2D eigenvalue weighted by Crippen LogP contribution is 2.30. The Kier molecular flexibility index (Phi) is 5.24. The van der Waals surface area contributed by atoms with Crippen molar-refractivity contribution in [3.8, 4) is 11.8 Å². The Bertz CT molecular complexity index is 664. The zero-order chi connectivity index (χ0) is 15.2. The first-order valence-electron chi connectivity index (χ1n) is 6.83. The average Bonchev–Trinajstić information content (AvgIpc) is 2.48. The third kappa shape index (κ3) is 3.77. The van der Waals surface area contributed by atoms with E-state index >= 15 is 0 Å². The molecule has 3 nitrogen and oxygen atoms in total. The van der Waals surface area contributed by atoms with Gasteiger partial charge in [-0.2, -0.15) is 5.26 Å². The lowest BCUT2D eigenvalue weighted by Crippen LogP contribution is -2.10. The predicted molar refractivity (Wildman–Crippen MR) is 88.5 cm³/mol. The molecule has 1 N–H and O–H groups in total. The van der Waals surface area contributed by atoms with Crippen molar-refractivity contribution in [2.24, 2.45) is 0 Å². The van der Waals surface area contributed by atoms with Gasteiger partial charge < -0.3 is 10.1 Å². The molecule has 21 heavy (non-hydrogen) atoms. The molecular weight excluding hydrogens is 328 g/mol. The largest absolute Gasteiger partial charge is 0.494 e. The van der Waals surface area contributed by atoms with Crippen molar-refractivity contribution in [2.75, 3.05) is 11.9 Å². The third-order valence-electron chi connectivity index (χ3n) is 3.16. The van der Waals surface area contributed by atoms with Crippen LogP contribution in [0.25, 0.3) is 0 Å². The lowest BCUT2D eigenvalue weighted by atomic mass is 10.1. The van der Waals surface area contributed by atoms with E-state index in [1.807, 2.05) is 43.3 Å². The molecule has 0 bridgehead atoms. The molecule has 0 amide bonds. The average molecular weight is 345 g/mol. The van der Waals surface area contributed by atoms with Crippen LogP contribution in [-0.4, -0.2) is 6.61 Å². The van der Waals surface area contributed by atoms with Crippen LogP contribution in [0.4, 0.5) is 5.69 Å². The van der Waals surface area contributed by atoms with E-state index in [4.69, 9.17) is 4.74 Å². The Hall–Kier alpha value is -1.99. The number of nitrogens with zero attached hydrogens (tertiary/aromatic N) is 1. The van der Waals surface area contributed by atoms with E-state index in [1.54, 1.807) is 6.07 Å². The highest BCUT2D eigenvalue weighted by atomic mass is 79.9. The molecule has 2 rings (SSSR count). The van der Waals surface area contributed by atoms with Gasteiger partial charge >= 0.3 is 0 Å². The van der Waals surface area contributed by atoms with E-state index in [2.05, 4.69) is 34.2 Å². The standard InChI is InChI=1S/C17H17BrN2O/c1-3-21-17-7-5-4-6-15(17)12(2)20-16-10-14(18)9-8-13(16)11-19/h4-10,12,20H,3H2,1-2H3. The van der Waals surface area contributed by atoms with E-state index in [0.29, 0.717) is 12.2 Å². The van der Waals surface area contributed by atoms with E-state index < -0.39 is 0 Å². The smallest absolute Gasteiger partial charge is 0.124 e. The summed E-state index contributed by atoms with van der Waals surface area (Å²) < 4.78 is 6.60. The van der Waals surface area contributed by atoms with E-state index in [0.717, 1.165) is 21.5 Å². The van der Waals surface area contributed by atoms with Crippen LogP contribution in [0.5, 0.6) is 5.75 Å². The van der Waals surface area contributed by atoms with Gasteiger partial charge in [0.15, 0.2) is 0 Å². The zero-order valence-corrected chi connectivity index (χ0v) is 13.6. The van der Waals surface area contributed by atoms with Crippen molar-refractivity contribution in [3.63, 3.8) is 0 Å².